The number of carbonyl (C=O) groups excluding carboxylic acids is 2. The van der Waals surface area contributed by atoms with Crippen LogP contribution in [-0.2, 0) is 15.1 Å². The second-order valence-electron chi connectivity index (χ2n) is 5.99. The zero-order valence-corrected chi connectivity index (χ0v) is 13.5. The Hall–Kier alpha value is -2.26. The summed E-state index contributed by atoms with van der Waals surface area (Å²) in [5, 5.41) is 12.3. The molecule has 22 heavy (non-hydrogen) atoms. The number of rotatable bonds is 1. The molecule has 2 amide bonds. The van der Waals surface area contributed by atoms with Crippen molar-refractivity contribution in [1.82, 2.24) is 5.32 Å². The molecule has 6 nitrogen and oxygen atoms in total. The standard InChI is InChI=1S/C15H16ClN3O3/c1-14(2,3)22-13(21)18-15(8-17)9-6-5-7-10(16)11(9)19(4)12(15)20/h5-7H,1-4H3,(H,18,21)/t15-/m0/s1. The van der Waals surface area contributed by atoms with E-state index in [1.165, 1.54) is 11.9 Å². The number of nitrogens with zero attached hydrogens (tertiary/aromatic N) is 2. The molecule has 0 radical (unpaired) electrons. The Kier molecular flexibility index (Phi) is 3.80. The third kappa shape index (κ3) is 2.48. The molecule has 0 spiro atoms. The molecule has 0 fully saturated rings. The Balaban J connectivity index is 2.48. The summed E-state index contributed by atoms with van der Waals surface area (Å²) >= 11 is 6.11. The van der Waals surface area contributed by atoms with Crippen LogP contribution in [0.2, 0.25) is 5.02 Å². The molecular weight excluding hydrogens is 306 g/mol. The lowest BCUT2D eigenvalue weighted by Gasteiger charge is -2.25. The van der Waals surface area contributed by atoms with Crippen LogP contribution in [-0.4, -0.2) is 24.6 Å². The summed E-state index contributed by atoms with van der Waals surface area (Å²) in [6, 6.07) is 6.72. The largest absolute Gasteiger partial charge is 0.444 e. The molecule has 0 saturated heterocycles. The average Bonchev–Trinajstić information content (AvgIpc) is 2.60. The number of para-hydroxylation sites is 1. The zero-order chi connectivity index (χ0) is 16.7. The second kappa shape index (κ2) is 5.18. The average molecular weight is 322 g/mol. The molecule has 1 aliphatic rings. The highest BCUT2D eigenvalue weighted by molar-refractivity contribution is 6.35. The summed E-state index contributed by atoms with van der Waals surface area (Å²) in [4.78, 5) is 25.8. The first kappa shape index (κ1) is 16.1. The number of hydrogen-bond donors (Lipinski definition) is 1. The van der Waals surface area contributed by atoms with Crippen molar-refractivity contribution in [3.63, 3.8) is 0 Å². The van der Waals surface area contributed by atoms with Crippen molar-refractivity contribution in [2.45, 2.75) is 31.9 Å². The summed E-state index contributed by atoms with van der Waals surface area (Å²) in [7, 11) is 1.50. The molecule has 1 aromatic rings. The molecule has 0 bridgehead atoms. The van der Waals surface area contributed by atoms with E-state index < -0.39 is 23.1 Å². The Morgan fingerprint density at radius 1 is 1.45 bits per heavy atom. The van der Waals surface area contributed by atoms with Crippen LogP contribution in [0.4, 0.5) is 10.5 Å². The molecular formula is C15H16ClN3O3. The predicted molar refractivity (Wildman–Crippen MR) is 81.5 cm³/mol. The number of amides is 2. The van der Waals surface area contributed by atoms with E-state index >= 15 is 0 Å². The Bertz CT molecular complexity index is 690. The van der Waals surface area contributed by atoms with Gasteiger partial charge in [0.1, 0.15) is 11.7 Å². The molecule has 116 valence electrons. The van der Waals surface area contributed by atoms with E-state index in [2.05, 4.69) is 5.32 Å². The van der Waals surface area contributed by atoms with Crippen LogP contribution in [0.3, 0.4) is 0 Å². The Labute approximate surface area is 133 Å². The van der Waals surface area contributed by atoms with Gasteiger partial charge in [-0.1, -0.05) is 23.7 Å². The number of halogens is 1. The molecule has 1 aromatic carbocycles. The quantitative estimate of drug-likeness (QED) is 0.861. The molecule has 0 aromatic heterocycles. The molecule has 2 rings (SSSR count). The Morgan fingerprint density at radius 3 is 2.64 bits per heavy atom. The number of nitrogens with one attached hydrogen (secondary N) is 1. The number of anilines is 1. The van der Waals surface area contributed by atoms with Gasteiger partial charge in [0.2, 0.25) is 5.54 Å². The number of fused-ring (bicyclic) bond motifs is 1. The molecule has 0 unspecified atom stereocenters. The Morgan fingerprint density at radius 2 is 2.09 bits per heavy atom. The molecule has 1 N–H and O–H groups in total. The normalized spacial score (nSPS) is 20.4. The van der Waals surface area contributed by atoms with Crippen molar-refractivity contribution >= 4 is 29.3 Å². The maximum absolute atomic E-state index is 12.5. The molecule has 0 saturated carbocycles. The van der Waals surface area contributed by atoms with Crippen LogP contribution in [0.15, 0.2) is 18.2 Å². The van der Waals surface area contributed by atoms with Crippen LogP contribution in [0.5, 0.6) is 0 Å². The first-order valence-electron chi connectivity index (χ1n) is 6.62. The van der Waals surface area contributed by atoms with Gasteiger partial charge in [-0.15, -0.1) is 0 Å². The molecule has 7 heteroatoms. The van der Waals surface area contributed by atoms with E-state index in [-0.39, 0.29) is 0 Å². The zero-order valence-electron chi connectivity index (χ0n) is 12.7. The minimum Gasteiger partial charge on any atom is -0.444 e. The van der Waals surface area contributed by atoms with Gasteiger partial charge in [-0.3, -0.25) is 10.1 Å². The van der Waals surface area contributed by atoms with Gasteiger partial charge < -0.3 is 9.64 Å². The van der Waals surface area contributed by atoms with Gasteiger partial charge in [0, 0.05) is 12.6 Å². The van der Waals surface area contributed by atoms with E-state index in [0.29, 0.717) is 16.3 Å². The minimum absolute atomic E-state index is 0.330. The van der Waals surface area contributed by atoms with Crippen molar-refractivity contribution in [1.29, 1.82) is 5.26 Å². The van der Waals surface area contributed by atoms with Crippen molar-refractivity contribution in [2.75, 3.05) is 11.9 Å². The van der Waals surface area contributed by atoms with Gasteiger partial charge in [-0.2, -0.15) is 5.26 Å². The maximum Gasteiger partial charge on any atom is 0.409 e. The van der Waals surface area contributed by atoms with Gasteiger partial charge >= 0.3 is 6.09 Å². The number of likely N-dealkylation sites (N-methyl/N-ethyl adjacent to an activating group) is 1. The van der Waals surface area contributed by atoms with E-state index in [9.17, 15) is 14.9 Å². The minimum atomic E-state index is -1.84. The highest BCUT2D eigenvalue weighted by Crippen LogP contribution is 2.43. The number of hydrogen-bond acceptors (Lipinski definition) is 4. The van der Waals surface area contributed by atoms with E-state index in [0.717, 1.165) is 0 Å². The lowest BCUT2D eigenvalue weighted by Crippen LogP contribution is -2.52. The fourth-order valence-electron chi connectivity index (χ4n) is 2.34. The van der Waals surface area contributed by atoms with Crippen LogP contribution in [0.1, 0.15) is 26.3 Å². The maximum atomic E-state index is 12.5. The first-order chi connectivity index (χ1) is 10.1. The number of benzene rings is 1. The van der Waals surface area contributed by atoms with Crippen LogP contribution in [0.25, 0.3) is 0 Å². The van der Waals surface area contributed by atoms with Gasteiger partial charge in [-0.05, 0) is 26.8 Å². The number of nitriles is 1. The third-order valence-electron chi connectivity index (χ3n) is 3.21. The number of alkyl carbamates (subject to hydrolysis) is 1. The van der Waals surface area contributed by atoms with Gasteiger partial charge in [0.05, 0.1) is 10.7 Å². The van der Waals surface area contributed by atoms with E-state index in [1.807, 2.05) is 6.07 Å². The summed E-state index contributed by atoms with van der Waals surface area (Å²) in [5.41, 5.74) is -1.84. The predicted octanol–water partition coefficient (Wildman–Crippen LogP) is 2.56. The summed E-state index contributed by atoms with van der Waals surface area (Å²) in [5.74, 6) is -0.580. The highest BCUT2D eigenvalue weighted by atomic mass is 35.5. The fraction of sp³-hybridized carbons (Fsp3) is 0.400. The lowest BCUT2D eigenvalue weighted by atomic mass is 9.93. The lowest BCUT2D eigenvalue weighted by molar-refractivity contribution is -0.122. The molecule has 1 heterocycles. The fourth-order valence-corrected chi connectivity index (χ4v) is 2.64. The van der Waals surface area contributed by atoms with Crippen LogP contribution in [0, 0.1) is 11.3 Å². The highest BCUT2D eigenvalue weighted by Gasteiger charge is 2.53. The van der Waals surface area contributed by atoms with Crippen molar-refractivity contribution in [3.8, 4) is 6.07 Å². The molecule has 1 atom stereocenters. The van der Waals surface area contributed by atoms with E-state index in [1.54, 1.807) is 39.0 Å². The van der Waals surface area contributed by atoms with Crippen LogP contribution < -0.4 is 10.2 Å². The van der Waals surface area contributed by atoms with E-state index in [4.69, 9.17) is 16.3 Å². The first-order valence-corrected chi connectivity index (χ1v) is 7.00. The number of carbonyl (C=O) groups is 2. The second-order valence-corrected chi connectivity index (χ2v) is 6.40. The van der Waals surface area contributed by atoms with Crippen LogP contribution >= 0.6 is 11.6 Å². The molecule has 0 aliphatic carbocycles. The smallest absolute Gasteiger partial charge is 0.409 e. The van der Waals surface area contributed by atoms with Gasteiger partial charge in [-0.25, -0.2) is 4.79 Å². The number of ether oxygens (including phenoxy) is 1. The summed E-state index contributed by atoms with van der Waals surface area (Å²) < 4.78 is 5.15. The monoisotopic (exact) mass is 321 g/mol. The molecule has 1 aliphatic heterocycles. The van der Waals surface area contributed by atoms with Gasteiger partial charge in [0.15, 0.2) is 0 Å². The third-order valence-corrected chi connectivity index (χ3v) is 3.51. The topological polar surface area (TPSA) is 82.4 Å². The van der Waals surface area contributed by atoms with Crippen molar-refractivity contribution in [3.05, 3.63) is 28.8 Å². The SMILES string of the molecule is CN1C(=O)[C@@](C#N)(NC(=O)OC(C)(C)C)c2cccc(Cl)c21. The van der Waals surface area contributed by atoms with Gasteiger partial charge in [0.25, 0.3) is 5.91 Å². The van der Waals surface area contributed by atoms with Crippen molar-refractivity contribution in [2.24, 2.45) is 0 Å². The summed E-state index contributed by atoms with van der Waals surface area (Å²) in [6.45, 7) is 5.08. The summed E-state index contributed by atoms with van der Waals surface area (Å²) in [6.07, 6.45) is -0.844. The van der Waals surface area contributed by atoms with Crippen molar-refractivity contribution < 1.29 is 14.3 Å².